The lowest BCUT2D eigenvalue weighted by atomic mass is 10.1. The molecule has 1 amide bonds. The summed E-state index contributed by atoms with van der Waals surface area (Å²) in [7, 11) is 0. The third-order valence-electron chi connectivity index (χ3n) is 4.80. The lowest BCUT2D eigenvalue weighted by Crippen LogP contribution is -2.32. The Morgan fingerprint density at radius 2 is 1.86 bits per heavy atom. The van der Waals surface area contributed by atoms with Gasteiger partial charge in [0.25, 0.3) is 11.5 Å². The molecule has 1 N–H and O–H groups in total. The van der Waals surface area contributed by atoms with Crippen molar-refractivity contribution in [2.45, 2.75) is 26.4 Å². The third-order valence-corrected chi connectivity index (χ3v) is 4.80. The summed E-state index contributed by atoms with van der Waals surface area (Å²) in [5, 5.41) is 8.28. The van der Waals surface area contributed by atoms with Crippen LogP contribution in [-0.4, -0.2) is 28.9 Å². The van der Waals surface area contributed by atoms with Gasteiger partial charge >= 0.3 is 0 Å². The van der Waals surface area contributed by atoms with E-state index in [1.165, 1.54) is 4.68 Å². The number of hydrogen-bond donors (Lipinski definition) is 1. The summed E-state index contributed by atoms with van der Waals surface area (Å²) in [6, 6.07) is 12.4. The standard InChI is InChI=1S/C21H21N3O4/c1-3-24-21(26)16-7-5-4-6-15(16)19(23-24)20(25)22-13(2)14-8-9-17-18(12-14)28-11-10-27-17/h4-9,12-13H,3,10-11H2,1-2H3,(H,22,25)/t13-/m1/s1. The zero-order chi connectivity index (χ0) is 19.7. The van der Waals surface area contributed by atoms with Crippen molar-refractivity contribution < 1.29 is 14.3 Å². The van der Waals surface area contributed by atoms with Gasteiger partial charge in [0.15, 0.2) is 17.2 Å². The molecule has 2 aromatic carbocycles. The van der Waals surface area contributed by atoms with Crippen LogP contribution >= 0.6 is 0 Å². The summed E-state index contributed by atoms with van der Waals surface area (Å²) in [6.07, 6.45) is 0. The molecule has 3 aromatic rings. The van der Waals surface area contributed by atoms with E-state index in [1.807, 2.05) is 32.0 Å². The lowest BCUT2D eigenvalue weighted by molar-refractivity contribution is 0.0934. The second-order valence-corrected chi connectivity index (χ2v) is 6.61. The molecule has 2 heterocycles. The summed E-state index contributed by atoms with van der Waals surface area (Å²) < 4.78 is 12.5. The molecule has 0 spiro atoms. The molecule has 1 aromatic heterocycles. The monoisotopic (exact) mass is 379 g/mol. The average molecular weight is 379 g/mol. The topological polar surface area (TPSA) is 82.5 Å². The molecular weight excluding hydrogens is 358 g/mol. The number of fused-ring (bicyclic) bond motifs is 2. The maximum atomic E-state index is 13.0. The smallest absolute Gasteiger partial charge is 0.274 e. The molecule has 0 radical (unpaired) electrons. The summed E-state index contributed by atoms with van der Waals surface area (Å²) in [4.78, 5) is 25.4. The molecule has 28 heavy (non-hydrogen) atoms. The molecule has 0 unspecified atom stereocenters. The Bertz CT molecular complexity index is 1110. The van der Waals surface area contributed by atoms with Crippen molar-refractivity contribution in [3.63, 3.8) is 0 Å². The van der Waals surface area contributed by atoms with E-state index in [0.29, 0.717) is 42.0 Å². The first-order chi connectivity index (χ1) is 13.6. The van der Waals surface area contributed by atoms with Crippen LogP contribution in [0, 0.1) is 0 Å². The van der Waals surface area contributed by atoms with Crippen LogP contribution in [0.15, 0.2) is 47.3 Å². The van der Waals surface area contributed by atoms with E-state index < -0.39 is 0 Å². The van der Waals surface area contributed by atoms with Crippen molar-refractivity contribution in [1.82, 2.24) is 15.1 Å². The van der Waals surface area contributed by atoms with Gasteiger partial charge in [-0.2, -0.15) is 5.10 Å². The number of carbonyl (C=O) groups excluding carboxylic acids is 1. The van der Waals surface area contributed by atoms with E-state index in [4.69, 9.17) is 9.47 Å². The molecule has 0 fully saturated rings. The van der Waals surface area contributed by atoms with Crippen LogP contribution in [0.4, 0.5) is 0 Å². The Labute approximate surface area is 161 Å². The molecule has 1 aliphatic heterocycles. The van der Waals surface area contributed by atoms with Gasteiger partial charge in [-0.15, -0.1) is 0 Å². The molecular formula is C21H21N3O4. The number of aromatic nitrogens is 2. The zero-order valence-electron chi connectivity index (χ0n) is 15.8. The summed E-state index contributed by atoms with van der Waals surface area (Å²) in [5.74, 6) is 1.05. The highest BCUT2D eigenvalue weighted by molar-refractivity contribution is 6.04. The van der Waals surface area contributed by atoms with Gasteiger partial charge in [0.1, 0.15) is 13.2 Å². The van der Waals surface area contributed by atoms with Gasteiger partial charge in [-0.1, -0.05) is 24.3 Å². The second kappa shape index (κ2) is 7.34. The number of hydrogen-bond acceptors (Lipinski definition) is 5. The van der Waals surface area contributed by atoms with Gasteiger partial charge in [-0.25, -0.2) is 4.68 Å². The van der Waals surface area contributed by atoms with E-state index in [-0.39, 0.29) is 23.2 Å². The van der Waals surface area contributed by atoms with Crippen LogP contribution in [0.2, 0.25) is 0 Å². The van der Waals surface area contributed by atoms with Gasteiger partial charge in [-0.3, -0.25) is 9.59 Å². The van der Waals surface area contributed by atoms with Crippen molar-refractivity contribution in [1.29, 1.82) is 0 Å². The van der Waals surface area contributed by atoms with E-state index in [9.17, 15) is 9.59 Å². The number of nitrogens with one attached hydrogen (secondary N) is 1. The molecule has 4 rings (SSSR count). The quantitative estimate of drug-likeness (QED) is 0.754. The highest BCUT2D eigenvalue weighted by atomic mass is 16.6. The first kappa shape index (κ1) is 18.0. The first-order valence-electron chi connectivity index (χ1n) is 9.28. The Kier molecular flexibility index (Phi) is 4.73. The minimum atomic E-state index is -0.333. The number of amides is 1. The molecule has 0 saturated heterocycles. The van der Waals surface area contributed by atoms with Gasteiger partial charge in [-0.05, 0) is 37.6 Å². The summed E-state index contributed by atoms with van der Waals surface area (Å²) in [6.45, 7) is 5.14. The van der Waals surface area contributed by atoms with Gasteiger partial charge in [0.2, 0.25) is 0 Å². The molecule has 1 atom stereocenters. The highest BCUT2D eigenvalue weighted by Gasteiger charge is 2.20. The normalized spacial score (nSPS) is 13.9. The predicted molar refractivity (Wildman–Crippen MR) is 105 cm³/mol. The SMILES string of the molecule is CCn1nc(C(=O)N[C@H](C)c2ccc3c(c2)OCCO3)c2ccccc2c1=O. The molecule has 0 bridgehead atoms. The van der Waals surface area contributed by atoms with Crippen molar-refractivity contribution in [3.8, 4) is 11.5 Å². The predicted octanol–water partition coefficient (Wildman–Crippen LogP) is 2.68. The Balaban J connectivity index is 1.65. The largest absolute Gasteiger partial charge is 0.486 e. The molecule has 7 nitrogen and oxygen atoms in total. The van der Waals surface area contributed by atoms with Gasteiger partial charge < -0.3 is 14.8 Å². The van der Waals surface area contributed by atoms with Crippen molar-refractivity contribution in [3.05, 3.63) is 64.1 Å². The number of nitrogens with zero attached hydrogens (tertiary/aromatic N) is 2. The van der Waals surface area contributed by atoms with E-state index >= 15 is 0 Å². The fraction of sp³-hybridized carbons (Fsp3) is 0.286. The summed E-state index contributed by atoms with van der Waals surface area (Å²) in [5.41, 5.74) is 0.932. The minimum absolute atomic E-state index is 0.200. The van der Waals surface area contributed by atoms with Gasteiger partial charge in [0, 0.05) is 11.9 Å². The van der Waals surface area contributed by atoms with E-state index in [1.54, 1.807) is 24.3 Å². The van der Waals surface area contributed by atoms with Crippen molar-refractivity contribution >= 4 is 16.7 Å². The maximum Gasteiger partial charge on any atom is 0.274 e. The highest BCUT2D eigenvalue weighted by Crippen LogP contribution is 2.32. The number of ether oxygens (including phenoxy) is 2. The fourth-order valence-electron chi connectivity index (χ4n) is 3.29. The Morgan fingerprint density at radius 1 is 1.14 bits per heavy atom. The molecule has 0 saturated carbocycles. The fourth-order valence-corrected chi connectivity index (χ4v) is 3.29. The molecule has 144 valence electrons. The van der Waals surface area contributed by atoms with Crippen LogP contribution in [0.25, 0.3) is 10.8 Å². The van der Waals surface area contributed by atoms with Crippen molar-refractivity contribution in [2.24, 2.45) is 0 Å². The number of rotatable bonds is 4. The van der Waals surface area contributed by atoms with Crippen molar-refractivity contribution in [2.75, 3.05) is 13.2 Å². The lowest BCUT2D eigenvalue weighted by Gasteiger charge is -2.21. The van der Waals surface area contributed by atoms with Gasteiger partial charge in [0.05, 0.1) is 11.4 Å². The molecule has 0 aliphatic carbocycles. The number of aryl methyl sites for hydroxylation is 1. The Morgan fingerprint density at radius 3 is 2.61 bits per heavy atom. The second-order valence-electron chi connectivity index (χ2n) is 6.61. The average Bonchev–Trinajstić information content (AvgIpc) is 2.73. The van der Waals surface area contributed by atoms with E-state index in [2.05, 4.69) is 10.4 Å². The van der Waals surface area contributed by atoms with Crippen LogP contribution in [-0.2, 0) is 6.54 Å². The first-order valence-corrected chi connectivity index (χ1v) is 9.28. The number of carbonyl (C=O) groups is 1. The van der Waals surface area contributed by atoms with Crippen LogP contribution in [0.5, 0.6) is 11.5 Å². The molecule has 1 aliphatic rings. The Hall–Kier alpha value is -3.35. The van der Waals surface area contributed by atoms with Crippen LogP contribution in [0.3, 0.4) is 0 Å². The number of benzene rings is 2. The molecule has 7 heteroatoms. The van der Waals surface area contributed by atoms with Crippen LogP contribution in [0.1, 0.15) is 35.9 Å². The maximum absolute atomic E-state index is 13.0. The zero-order valence-corrected chi connectivity index (χ0v) is 15.8. The third kappa shape index (κ3) is 3.19. The van der Waals surface area contributed by atoms with Crippen LogP contribution < -0.4 is 20.3 Å². The van der Waals surface area contributed by atoms with E-state index in [0.717, 1.165) is 5.56 Å². The minimum Gasteiger partial charge on any atom is -0.486 e. The summed E-state index contributed by atoms with van der Waals surface area (Å²) >= 11 is 0.